The zero-order chi connectivity index (χ0) is 18.7. The van der Waals surface area contributed by atoms with E-state index in [0.29, 0.717) is 31.6 Å². The number of hydrogen-bond donors (Lipinski definition) is 1. The number of nitrogens with zero attached hydrogens (tertiary/aromatic N) is 4. The van der Waals surface area contributed by atoms with Crippen molar-refractivity contribution >= 4 is 23.5 Å². The van der Waals surface area contributed by atoms with Crippen LogP contribution in [0.4, 0.5) is 14.9 Å². The van der Waals surface area contributed by atoms with Crippen LogP contribution in [-0.2, 0) is 7.05 Å². The summed E-state index contributed by atoms with van der Waals surface area (Å²) in [7, 11) is 1.81. The van der Waals surface area contributed by atoms with Gasteiger partial charge in [0.2, 0.25) is 0 Å². The Morgan fingerprint density at radius 1 is 1.35 bits per heavy atom. The van der Waals surface area contributed by atoms with E-state index in [2.05, 4.69) is 15.4 Å². The third-order valence-corrected chi connectivity index (χ3v) is 6.10. The van der Waals surface area contributed by atoms with Gasteiger partial charge in [0.1, 0.15) is 0 Å². The highest BCUT2D eigenvalue weighted by molar-refractivity contribution is 8.00. The number of carbonyl (C=O) groups is 1. The number of likely N-dealkylation sites (tertiary alicyclic amines) is 1. The Bertz CT molecular complexity index is 753. The SMILES string of the molecule is Cc1ccc(NC(=O)N2CCC(C(C)(F)Sc3ccnn3C)CC2)cn1. The highest BCUT2D eigenvalue weighted by Crippen LogP contribution is 2.43. The molecular formula is C18H24FN5OS. The van der Waals surface area contributed by atoms with Crippen LogP contribution in [0.2, 0.25) is 0 Å². The molecule has 0 aromatic carbocycles. The van der Waals surface area contributed by atoms with Crippen LogP contribution in [0, 0.1) is 12.8 Å². The number of aromatic nitrogens is 3. The third kappa shape index (κ3) is 4.35. The molecule has 2 aromatic heterocycles. The Morgan fingerprint density at radius 2 is 2.08 bits per heavy atom. The minimum atomic E-state index is -1.39. The Balaban J connectivity index is 1.53. The number of anilines is 1. The van der Waals surface area contributed by atoms with Crippen LogP contribution in [0.15, 0.2) is 35.6 Å². The second-order valence-electron chi connectivity index (χ2n) is 6.76. The Labute approximate surface area is 157 Å². The van der Waals surface area contributed by atoms with Gasteiger partial charge in [-0.1, -0.05) is 11.8 Å². The summed E-state index contributed by atoms with van der Waals surface area (Å²) in [5.41, 5.74) is 1.57. The summed E-state index contributed by atoms with van der Waals surface area (Å²) in [6, 6.07) is 5.34. The van der Waals surface area contributed by atoms with Crippen molar-refractivity contribution in [1.29, 1.82) is 0 Å². The fourth-order valence-corrected chi connectivity index (χ4v) is 4.21. The molecule has 2 amide bonds. The number of aryl methyl sites for hydroxylation is 2. The second-order valence-corrected chi connectivity index (χ2v) is 8.18. The van der Waals surface area contributed by atoms with Crippen LogP contribution < -0.4 is 5.32 Å². The van der Waals surface area contributed by atoms with Gasteiger partial charge in [-0.05, 0) is 44.9 Å². The molecule has 1 unspecified atom stereocenters. The number of pyridine rings is 1. The second kappa shape index (κ2) is 7.65. The van der Waals surface area contributed by atoms with Crippen molar-refractivity contribution in [1.82, 2.24) is 19.7 Å². The average molecular weight is 377 g/mol. The van der Waals surface area contributed by atoms with Gasteiger partial charge in [0.15, 0.2) is 5.00 Å². The molecule has 26 heavy (non-hydrogen) atoms. The molecule has 1 aliphatic rings. The molecule has 3 heterocycles. The minimum absolute atomic E-state index is 0.104. The van der Waals surface area contributed by atoms with E-state index in [9.17, 15) is 4.79 Å². The molecule has 3 rings (SSSR count). The van der Waals surface area contributed by atoms with Crippen LogP contribution in [0.25, 0.3) is 0 Å². The minimum Gasteiger partial charge on any atom is -0.325 e. The average Bonchev–Trinajstić information content (AvgIpc) is 3.01. The standard InChI is InChI=1S/C18H24FN5OS/c1-13-4-5-15(12-20-13)22-17(25)24-10-7-14(8-11-24)18(2,19)26-16-6-9-21-23(16)3/h4-6,9,12,14H,7-8,10-11H2,1-3H3,(H,22,25). The lowest BCUT2D eigenvalue weighted by atomic mass is 9.92. The smallest absolute Gasteiger partial charge is 0.321 e. The lowest BCUT2D eigenvalue weighted by Gasteiger charge is -2.37. The van der Waals surface area contributed by atoms with Gasteiger partial charge in [-0.15, -0.1) is 0 Å². The van der Waals surface area contributed by atoms with Crippen molar-refractivity contribution in [3.8, 4) is 0 Å². The first kappa shape index (κ1) is 18.7. The first-order chi connectivity index (χ1) is 12.3. The number of halogens is 1. The Morgan fingerprint density at radius 3 is 2.65 bits per heavy atom. The summed E-state index contributed by atoms with van der Waals surface area (Å²) in [5.74, 6) is -0.104. The van der Waals surface area contributed by atoms with Gasteiger partial charge in [-0.3, -0.25) is 9.67 Å². The molecule has 0 spiro atoms. The molecule has 1 atom stereocenters. The fourth-order valence-electron chi connectivity index (χ4n) is 3.09. The maximum Gasteiger partial charge on any atom is 0.321 e. The summed E-state index contributed by atoms with van der Waals surface area (Å²) in [6.07, 6.45) is 4.59. The molecule has 1 N–H and O–H groups in total. The molecular weight excluding hydrogens is 353 g/mol. The number of alkyl halides is 1. The summed E-state index contributed by atoms with van der Waals surface area (Å²) >= 11 is 1.21. The quantitative estimate of drug-likeness (QED) is 0.822. The van der Waals surface area contributed by atoms with E-state index < -0.39 is 5.00 Å². The Kier molecular flexibility index (Phi) is 5.50. The maximum atomic E-state index is 15.2. The number of nitrogens with one attached hydrogen (secondary N) is 1. The van der Waals surface area contributed by atoms with Crippen molar-refractivity contribution in [3.63, 3.8) is 0 Å². The van der Waals surface area contributed by atoms with E-state index in [1.807, 2.05) is 32.2 Å². The van der Waals surface area contributed by atoms with E-state index in [4.69, 9.17) is 0 Å². The number of amides is 2. The first-order valence-corrected chi connectivity index (χ1v) is 9.51. The molecule has 0 bridgehead atoms. The molecule has 6 nitrogen and oxygen atoms in total. The van der Waals surface area contributed by atoms with Crippen LogP contribution in [0.5, 0.6) is 0 Å². The van der Waals surface area contributed by atoms with Crippen molar-refractivity contribution in [2.45, 2.75) is 36.7 Å². The van der Waals surface area contributed by atoms with Gasteiger partial charge in [0.05, 0.1) is 23.1 Å². The normalized spacial score (nSPS) is 17.8. The molecule has 0 radical (unpaired) electrons. The molecule has 0 aliphatic carbocycles. The maximum absolute atomic E-state index is 15.2. The lowest BCUT2D eigenvalue weighted by Crippen LogP contribution is -2.44. The molecule has 140 valence electrons. The van der Waals surface area contributed by atoms with Crippen molar-refractivity contribution in [2.75, 3.05) is 18.4 Å². The van der Waals surface area contributed by atoms with Crippen LogP contribution >= 0.6 is 11.8 Å². The third-order valence-electron chi connectivity index (χ3n) is 4.75. The van der Waals surface area contributed by atoms with Gasteiger partial charge >= 0.3 is 6.03 Å². The van der Waals surface area contributed by atoms with Crippen LogP contribution in [0.3, 0.4) is 0 Å². The van der Waals surface area contributed by atoms with Gasteiger partial charge in [-0.25, -0.2) is 9.18 Å². The summed E-state index contributed by atoms with van der Waals surface area (Å²) in [4.78, 5) is 18.3. The molecule has 0 saturated carbocycles. The van der Waals surface area contributed by atoms with E-state index in [1.54, 1.807) is 28.9 Å². The lowest BCUT2D eigenvalue weighted by molar-refractivity contribution is 0.124. The number of rotatable bonds is 4. The molecule has 2 aromatic rings. The summed E-state index contributed by atoms with van der Waals surface area (Å²) < 4.78 is 16.9. The van der Waals surface area contributed by atoms with E-state index in [-0.39, 0.29) is 11.9 Å². The predicted octanol–water partition coefficient (Wildman–Crippen LogP) is 3.85. The fraction of sp³-hybridized carbons (Fsp3) is 0.500. The van der Waals surface area contributed by atoms with E-state index in [0.717, 1.165) is 10.7 Å². The van der Waals surface area contributed by atoms with E-state index in [1.165, 1.54) is 11.8 Å². The number of carbonyl (C=O) groups excluding carboxylic acids is 1. The molecule has 1 saturated heterocycles. The van der Waals surface area contributed by atoms with Gasteiger partial charge in [-0.2, -0.15) is 5.10 Å². The molecule has 1 aliphatic heterocycles. The van der Waals surface area contributed by atoms with Gasteiger partial charge in [0, 0.05) is 31.7 Å². The predicted molar refractivity (Wildman–Crippen MR) is 101 cm³/mol. The number of hydrogen-bond acceptors (Lipinski definition) is 4. The van der Waals surface area contributed by atoms with Gasteiger partial charge in [0.25, 0.3) is 0 Å². The number of urea groups is 1. The number of thioether (sulfide) groups is 1. The van der Waals surface area contributed by atoms with E-state index >= 15 is 4.39 Å². The number of piperidine rings is 1. The molecule has 1 fully saturated rings. The Hall–Kier alpha value is -2.09. The first-order valence-electron chi connectivity index (χ1n) is 8.69. The van der Waals surface area contributed by atoms with Crippen molar-refractivity contribution in [2.24, 2.45) is 13.0 Å². The van der Waals surface area contributed by atoms with Crippen molar-refractivity contribution < 1.29 is 9.18 Å². The van der Waals surface area contributed by atoms with Crippen molar-refractivity contribution in [3.05, 3.63) is 36.3 Å². The molecule has 8 heteroatoms. The zero-order valence-corrected chi connectivity index (χ0v) is 16.1. The van der Waals surface area contributed by atoms with Crippen LogP contribution in [0.1, 0.15) is 25.5 Å². The van der Waals surface area contributed by atoms with Gasteiger partial charge < -0.3 is 10.2 Å². The van der Waals surface area contributed by atoms with Crippen LogP contribution in [-0.4, -0.2) is 43.8 Å². The largest absolute Gasteiger partial charge is 0.325 e. The summed E-state index contributed by atoms with van der Waals surface area (Å²) in [6.45, 7) is 4.61. The zero-order valence-electron chi connectivity index (χ0n) is 15.3. The summed E-state index contributed by atoms with van der Waals surface area (Å²) in [5, 5.41) is 6.36. The highest BCUT2D eigenvalue weighted by atomic mass is 32.2. The monoisotopic (exact) mass is 377 g/mol. The highest BCUT2D eigenvalue weighted by Gasteiger charge is 2.39. The topological polar surface area (TPSA) is 63.1 Å².